The SMILES string of the molecule is CCCC1(C(=O)O)CCN(C(=O)C(C)S(C)(=O)=O)C1. The van der Waals surface area contributed by atoms with Crippen LogP contribution in [-0.2, 0) is 19.4 Å². The summed E-state index contributed by atoms with van der Waals surface area (Å²) in [5.41, 5.74) is -0.915. The Kier molecular flexibility index (Phi) is 4.60. The number of carboxylic acid groups (broad SMARTS) is 1. The van der Waals surface area contributed by atoms with Gasteiger partial charge in [0.1, 0.15) is 5.25 Å². The van der Waals surface area contributed by atoms with E-state index in [4.69, 9.17) is 0 Å². The van der Waals surface area contributed by atoms with E-state index >= 15 is 0 Å². The van der Waals surface area contributed by atoms with Crippen LogP contribution in [0.5, 0.6) is 0 Å². The number of amides is 1. The summed E-state index contributed by atoms with van der Waals surface area (Å²) in [6.07, 6.45) is 2.62. The van der Waals surface area contributed by atoms with Crippen molar-refractivity contribution in [1.82, 2.24) is 4.90 Å². The first-order chi connectivity index (χ1) is 8.64. The van der Waals surface area contributed by atoms with Crippen LogP contribution in [0.3, 0.4) is 0 Å². The van der Waals surface area contributed by atoms with Crippen molar-refractivity contribution in [3.63, 3.8) is 0 Å². The number of rotatable bonds is 5. The van der Waals surface area contributed by atoms with Crippen LogP contribution in [0.15, 0.2) is 0 Å². The molecular formula is C12H21NO5S. The molecule has 1 aliphatic heterocycles. The molecular weight excluding hydrogens is 270 g/mol. The van der Waals surface area contributed by atoms with Crippen LogP contribution in [0.4, 0.5) is 0 Å². The Morgan fingerprint density at radius 2 is 2.00 bits per heavy atom. The van der Waals surface area contributed by atoms with E-state index < -0.39 is 32.4 Å². The van der Waals surface area contributed by atoms with E-state index in [9.17, 15) is 23.1 Å². The largest absolute Gasteiger partial charge is 0.481 e. The summed E-state index contributed by atoms with van der Waals surface area (Å²) in [5.74, 6) is -1.40. The average Bonchev–Trinajstić information content (AvgIpc) is 2.72. The van der Waals surface area contributed by atoms with E-state index in [-0.39, 0.29) is 6.54 Å². The van der Waals surface area contributed by atoms with Crippen molar-refractivity contribution in [3.05, 3.63) is 0 Å². The van der Waals surface area contributed by atoms with Gasteiger partial charge in [-0.1, -0.05) is 13.3 Å². The van der Waals surface area contributed by atoms with Gasteiger partial charge in [0.2, 0.25) is 5.91 Å². The van der Waals surface area contributed by atoms with Crippen molar-refractivity contribution >= 4 is 21.7 Å². The maximum absolute atomic E-state index is 12.1. The second-order valence-electron chi connectivity index (χ2n) is 5.32. The zero-order valence-electron chi connectivity index (χ0n) is 11.5. The lowest BCUT2D eigenvalue weighted by Gasteiger charge is -2.25. The molecule has 7 heteroatoms. The fourth-order valence-electron chi connectivity index (χ4n) is 2.46. The van der Waals surface area contributed by atoms with Crippen LogP contribution >= 0.6 is 0 Å². The molecule has 1 heterocycles. The van der Waals surface area contributed by atoms with E-state index in [2.05, 4.69) is 0 Å². The van der Waals surface area contributed by atoms with E-state index in [1.807, 2.05) is 6.92 Å². The number of likely N-dealkylation sites (tertiary alicyclic amines) is 1. The third-order valence-electron chi connectivity index (χ3n) is 3.84. The van der Waals surface area contributed by atoms with Gasteiger partial charge in [0.15, 0.2) is 9.84 Å². The van der Waals surface area contributed by atoms with Crippen LogP contribution in [0.1, 0.15) is 33.1 Å². The van der Waals surface area contributed by atoms with E-state index in [1.54, 1.807) is 0 Å². The van der Waals surface area contributed by atoms with Crippen molar-refractivity contribution in [2.75, 3.05) is 19.3 Å². The normalized spacial score (nSPS) is 25.3. The van der Waals surface area contributed by atoms with Crippen LogP contribution < -0.4 is 0 Å². The number of nitrogens with zero attached hydrogens (tertiary/aromatic N) is 1. The standard InChI is InChI=1S/C12H21NO5S/c1-4-5-12(11(15)16)6-7-13(8-12)10(14)9(2)19(3,17)18/h9H,4-8H2,1-3H3,(H,15,16). The van der Waals surface area contributed by atoms with E-state index in [1.165, 1.54) is 11.8 Å². The lowest BCUT2D eigenvalue weighted by Crippen LogP contribution is -2.42. The predicted molar refractivity (Wildman–Crippen MR) is 70.5 cm³/mol. The Balaban J connectivity index is 2.86. The summed E-state index contributed by atoms with van der Waals surface area (Å²) in [6.45, 7) is 3.66. The molecule has 0 aromatic heterocycles. The molecule has 2 atom stereocenters. The fraction of sp³-hybridized carbons (Fsp3) is 0.833. The highest BCUT2D eigenvalue weighted by Crippen LogP contribution is 2.36. The minimum absolute atomic E-state index is 0.106. The first kappa shape index (κ1) is 15.9. The third kappa shape index (κ3) is 3.26. The van der Waals surface area contributed by atoms with Gasteiger partial charge in [-0.2, -0.15) is 0 Å². The molecule has 0 bridgehead atoms. The average molecular weight is 291 g/mol. The molecule has 2 unspecified atom stereocenters. The number of hydrogen-bond donors (Lipinski definition) is 1. The van der Waals surface area contributed by atoms with Gasteiger partial charge in [-0.15, -0.1) is 0 Å². The first-order valence-corrected chi connectivity index (χ1v) is 8.30. The molecule has 1 N–H and O–H groups in total. The highest BCUT2D eigenvalue weighted by molar-refractivity contribution is 7.92. The zero-order chi connectivity index (χ0) is 14.8. The summed E-state index contributed by atoms with van der Waals surface area (Å²) < 4.78 is 22.8. The predicted octanol–water partition coefficient (Wildman–Crippen LogP) is 0.523. The molecule has 110 valence electrons. The van der Waals surface area contributed by atoms with Crippen molar-refractivity contribution in [2.45, 2.75) is 38.4 Å². The number of carbonyl (C=O) groups excluding carboxylic acids is 1. The highest BCUT2D eigenvalue weighted by Gasteiger charge is 2.46. The van der Waals surface area contributed by atoms with Crippen LogP contribution in [-0.4, -0.2) is 54.9 Å². The van der Waals surface area contributed by atoms with Crippen molar-refractivity contribution in [2.24, 2.45) is 5.41 Å². The minimum Gasteiger partial charge on any atom is -0.481 e. The summed E-state index contributed by atoms with van der Waals surface area (Å²) >= 11 is 0. The van der Waals surface area contributed by atoms with E-state index in [0.29, 0.717) is 19.4 Å². The quantitative estimate of drug-likeness (QED) is 0.797. The topological polar surface area (TPSA) is 91.8 Å². The highest BCUT2D eigenvalue weighted by atomic mass is 32.2. The van der Waals surface area contributed by atoms with Gasteiger partial charge in [0.25, 0.3) is 0 Å². The molecule has 0 saturated carbocycles. The lowest BCUT2D eigenvalue weighted by atomic mass is 9.83. The second-order valence-corrected chi connectivity index (χ2v) is 7.68. The van der Waals surface area contributed by atoms with Crippen LogP contribution in [0, 0.1) is 5.41 Å². The summed E-state index contributed by atoms with van der Waals surface area (Å²) in [5, 5.41) is 8.22. The van der Waals surface area contributed by atoms with Gasteiger partial charge in [-0.05, 0) is 19.8 Å². The van der Waals surface area contributed by atoms with Gasteiger partial charge in [0.05, 0.1) is 5.41 Å². The summed E-state index contributed by atoms with van der Waals surface area (Å²) in [7, 11) is -3.45. The second kappa shape index (κ2) is 5.48. The molecule has 19 heavy (non-hydrogen) atoms. The Bertz CT molecular complexity index is 473. The first-order valence-electron chi connectivity index (χ1n) is 6.35. The zero-order valence-corrected chi connectivity index (χ0v) is 12.4. The number of sulfone groups is 1. The number of carboxylic acids is 1. The summed E-state index contributed by atoms with van der Waals surface area (Å²) in [6, 6.07) is 0. The molecule has 0 radical (unpaired) electrons. The van der Waals surface area contributed by atoms with Crippen LogP contribution in [0.2, 0.25) is 0 Å². The third-order valence-corrected chi connectivity index (χ3v) is 5.32. The Labute approximate surface area is 113 Å². The Hall–Kier alpha value is -1.11. The molecule has 0 spiro atoms. The maximum atomic E-state index is 12.1. The number of hydrogen-bond acceptors (Lipinski definition) is 4. The molecule has 6 nitrogen and oxygen atoms in total. The molecule has 0 aromatic carbocycles. The monoisotopic (exact) mass is 291 g/mol. The van der Waals surface area contributed by atoms with Gasteiger partial charge >= 0.3 is 5.97 Å². The van der Waals surface area contributed by atoms with Crippen molar-refractivity contribution in [1.29, 1.82) is 0 Å². The number of carbonyl (C=O) groups is 2. The smallest absolute Gasteiger partial charge is 0.311 e. The van der Waals surface area contributed by atoms with Gasteiger partial charge in [0, 0.05) is 19.3 Å². The van der Waals surface area contributed by atoms with Gasteiger partial charge in [-0.25, -0.2) is 8.42 Å². The molecule has 1 fully saturated rings. The summed E-state index contributed by atoms with van der Waals surface area (Å²) in [4.78, 5) is 24.8. The van der Waals surface area contributed by atoms with E-state index in [0.717, 1.165) is 12.7 Å². The van der Waals surface area contributed by atoms with Crippen molar-refractivity contribution in [3.8, 4) is 0 Å². The molecule has 1 aliphatic rings. The van der Waals surface area contributed by atoms with Gasteiger partial charge in [-0.3, -0.25) is 9.59 Å². The molecule has 0 aliphatic carbocycles. The molecule has 1 rings (SSSR count). The number of aliphatic carboxylic acids is 1. The van der Waals surface area contributed by atoms with Crippen molar-refractivity contribution < 1.29 is 23.1 Å². The molecule has 1 saturated heterocycles. The molecule has 0 aromatic rings. The van der Waals surface area contributed by atoms with Crippen LogP contribution in [0.25, 0.3) is 0 Å². The maximum Gasteiger partial charge on any atom is 0.311 e. The van der Waals surface area contributed by atoms with Gasteiger partial charge < -0.3 is 10.0 Å². The minimum atomic E-state index is -3.45. The Morgan fingerprint density at radius 1 is 1.42 bits per heavy atom. The fourth-order valence-corrected chi connectivity index (χ4v) is 2.98. The lowest BCUT2D eigenvalue weighted by molar-refractivity contribution is -0.149. The Morgan fingerprint density at radius 3 is 2.42 bits per heavy atom. The molecule has 1 amide bonds.